The van der Waals surface area contributed by atoms with E-state index < -0.39 is 35.2 Å². The van der Waals surface area contributed by atoms with Gasteiger partial charge in [0.1, 0.15) is 5.69 Å². The van der Waals surface area contributed by atoms with Crippen molar-refractivity contribution >= 4 is 33.2 Å². The Morgan fingerprint density at radius 2 is 2.20 bits per heavy atom. The van der Waals surface area contributed by atoms with Crippen molar-refractivity contribution < 1.29 is 27.6 Å². The number of hydrogen-bond donors (Lipinski definition) is 1. The van der Waals surface area contributed by atoms with E-state index in [0.29, 0.717) is 0 Å². The summed E-state index contributed by atoms with van der Waals surface area (Å²) in [5.41, 5.74) is -0.843. The van der Waals surface area contributed by atoms with Gasteiger partial charge in [-0.25, -0.2) is 0 Å². The first-order valence-corrected chi connectivity index (χ1v) is 5.71. The number of anilines is 1. The van der Waals surface area contributed by atoms with E-state index in [1.165, 1.54) is 0 Å². The Morgan fingerprint density at radius 1 is 1.60 bits per heavy atom. The fourth-order valence-corrected chi connectivity index (χ4v) is 1.55. The smallest absolute Gasteiger partial charge is 0.422 e. The lowest BCUT2D eigenvalue weighted by Gasteiger charge is -2.12. The summed E-state index contributed by atoms with van der Waals surface area (Å²) in [5, 5.41) is 12.8. The quantitative estimate of drug-likeness (QED) is 0.507. The minimum Gasteiger partial charge on any atom is -0.467 e. The number of aromatic nitrogens is 1. The van der Waals surface area contributed by atoms with Gasteiger partial charge in [0, 0.05) is 13.0 Å². The number of alkyl halides is 3. The topological polar surface area (TPSA) is 94.4 Å². The van der Waals surface area contributed by atoms with Crippen molar-refractivity contribution in [1.29, 1.82) is 0 Å². The first-order chi connectivity index (χ1) is 9.10. The number of carbonyl (C=O) groups excluding carboxylic acids is 1. The average Bonchev–Trinajstić information content (AvgIpc) is 2.26. The van der Waals surface area contributed by atoms with E-state index in [-0.39, 0.29) is 10.3 Å². The van der Waals surface area contributed by atoms with E-state index >= 15 is 0 Å². The third-order valence-corrected chi connectivity index (χ3v) is 2.39. The summed E-state index contributed by atoms with van der Waals surface area (Å²) in [4.78, 5) is 24.3. The molecule has 0 aliphatic heterocycles. The molecule has 7 nitrogen and oxygen atoms in total. The number of amides is 1. The fourth-order valence-electron chi connectivity index (χ4n) is 1.13. The molecule has 0 radical (unpaired) electrons. The van der Waals surface area contributed by atoms with Gasteiger partial charge in [0.2, 0.25) is 11.8 Å². The monoisotopic (exact) mass is 357 g/mol. The zero-order chi connectivity index (χ0) is 15.5. The van der Waals surface area contributed by atoms with Crippen molar-refractivity contribution in [2.24, 2.45) is 0 Å². The number of nitrogens with one attached hydrogen (secondary N) is 1. The number of carbonyl (C=O) groups is 1. The van der Waals surface area contributed by atoms with Gasteiger partial charge in [0.25, 0.3) is 0 Å². The van der Waals surface area contributed by atoms with Gasteiger partial charge < -0.3 is 10.1 Å². The number of pyridine rings is 1. The van der Waals surface area contributed by atoms with Crippen molar-refractivity contribution in [3.05, 3.63) is 20.8 Å². The molecule has 0 spiro atoms. The van der Waals surface area contributed by atoms with E-state index in [2.05, 4.69) is 31.0 Å². The molecule has 0 atom stereocenters. The Morgan fingerprint density at radius 3 is 2.65 bits per heavy atom. The van der Waals surface area contributed by atoms with Gasteiger partial charge in [-0.1, -0.05) is 0 Å². The highest BCUT2D eigenvalue weighted by Gasteiger charge is 2.30. The molecule has 0 saturated carbocycles. The molecule has 0 unspecified atom stereocenters. The summed E-state index contributed by atoms with van der Waals surface area (Å²) >= 11 is 2.74. The predicted octanol–water partition coefficient (Wildman–Crippen LogP) is 2.65. The summed E-state index contributed by atoms with van der Waals surface area (Å²) in [6, 6.07) is 0.851. The van der Waals surface area contributed by atoms with Gasteiger partial charge in [-0.05, 0) is 15.9 Å². The van der Waals surface area contributed by atoms with Crippen LogP contribution in [-0.2, 0) is 4.79 Å². The van der Waals surface area contributed by atoms with Crippen LogP contribution in [0.1, 0.15) is 6.92 Å². The Balaban J connectivity index is 3.16. The highest BCUT2D eigenvalue weighted by atomic mass is 79.9. The maximum Gasteiger partial charge on any atom is 0.422 e. The van der Waals surface area contributed by atoms with Crippen LogP contribution in [0.15, 0.2) is 10.7 Å². The molecule has 20 heavy (non-hydrogen) atoms. The van der Waals surface area contributed by atoms with Crippen LogP contribution >= 0.6 is 15.9 Å². The Hall–Kier alpha value is -1.91. The molecule has 0 aliphatic rings. The molecule has 0 aromatic carbocycles. The van der Waals surface area contributed by atoms with Gasteiger partial charge in [-0.2, -0.15) is 18.2 Å². The Labute approximate surface area is 118 Å². The lowest BCUT2D eigenvalue weighted by molar-refractivity contribution is -0.386. The molecule has 1 rings (SSSR count). The Kier molecular flexibility index (Phi) is 4.87. The van der Waals surface area contributed by atoms with E-state index in [1.807, 2.05) is 0 Å². The molecule has 0 saturated heterocycles. The normalized spacial score (nSPS) is 11.1. The molecule has 0 fully saturated rings. The molecule has 1 heterocycles. The minimum atomic E-state index is -4.61. The molecule has 0 aliphatic carbocycles. The zero-order valence-corrected chi connectivity index (χ0v) is 11.4. The summed E-state index contributed by atoms with van der Waals surface area (Å²) in [5.74, 6) is -1.21. The number of hydrogen-bond acceptors (Lipinski definition) is 5. The standard InChI is InChI=1S/C9H7BrF3N3O4/c1-4(17)14-5-2-6(16(18)19)7(10)15-8(5)20-3-9(11,12)13/h2H,3H2,1H3,(H,14,17). The van der Waals surface area contributed by atoms with Crippen LogP contribution in [0.3, 0.4) is 0 Å². The third kappa shape index (κ3) is 4.64. The van der Waals surface area contributed by atoms with Gasteiger partial charge in [-0.15, -0.1) is 0 Å². The first kappa shape index (κ1) is 16.1. The second-order valence-electron chi connectivity index (χ2n) is 3.49. The average molecular weight is 358 g/mol. The highest BCUT2D eigenvalue weighted by molar-refractivity contribution is 9.10. The number of nitro groups is 1. The van der Waals surface area contributed by atoms with Crippen molar-refractivity contribution in [3.8, 4) is 5.88 Å². The summed E-state index contributed by atoms with van der Waals surface area (Å²) in [6.45, 7) is -0.557. The van der Waals surface area contributed by atoms with Crippen molar-refractivity contribution in [3.63, 3.8) is 0 Å². The first-order valence-electron chi connectivity index (χ1n) is 4.92. The molecule has 1 N–H and O–H groups in total. The second kappa shape index (κ2) is 6.03. The van der Waals surface area contributed by atoms with Crippen LogP contribution in [0.5, 0.6) is 5.88 Å². The number of nitrogens with zero attached hydrogens (tertiary/aromatic N) is 2. The van der Waals surface area contributed by atoms with Crippen LogP contribution in [0.2, 0.25) is 0 Å². The van der Waals surface area contributed by atoms with Gasteiger partial charge in [0.15, 0.2) is 11.2 Å². The van der Waals surface area contributed by atoms with Crippen LogP contribution in [0, 0.1) is 10.1 Å². The van der Waals surface area contributed by atoms with Crippen LogP contribution in [0.25, 0.3) is 0 Å². The van der Waals surface area contributed by atoms with Gasteiger partial charge in [0.05, 0.1) is 4.92 Å². The van der Waals surface area contributed by atoms with Gasteiger partial charge in [-0.3, -0.25) is 14.9 Å². The summed E-state index contributed by atoms with van der Waals surface area (Å²) < 4.78 is 40.4. The van der Waals surface area contributed by atoms with Crippen LogP contribution in [0.4, 0.5) is 24.5 Å². The molecule has 1 aromatic rings. The van der Waals surface area contributed by atoms with Gasteiger partial charge >= 0.3 is 11.9 Å². The molecule has 1 amide bonds. The van der Waals surface area contributed by atoms with Crippen LogP contribution in [-0.4, -0.2) is 28.6 Å². The highest BCUT2D eigenvalue weighted by Crippen LogP contribution is 2.33. The maximum atomic E-state index is 12.1. The predicted molar refractivity (Wildman–Crippen MR) is 64.4 cm³/mol. The maximum absolute atomic E-state index is 12.1. The Bertz CT molecular complexity index is 550. The lowest BCUT2D eigenvalue weighted by Crippen LogP contribution is -2.20. The largest absolute Gasteiger partial charge is 0.467 e. The number of rotatable bonds is 4. The van der Waals surface area contributed by atoms with E-state index in [0.717, 1.165) is 13.0 Å². The van der Waals surface area contributed by atoms with Crippen molar-refractivity contribution in [1.82, 2.24) is 4.98 Å². The summed E-state index contributed by atoms with van der Waals surface area (Å²) in [7, 11) is 0. The van der Waals surface area contributed by atoms with Crippen LogP contribution < -0.4 is 10.1 Å². The van der Waals surface area contributed by atoms with Crippen molar-refractivity contribution in [2.75, 3.05) is 11.9 Å². The second-order valence-corrected chi connectivity index (χ2v) is 4.24. The lowest BCUT2D eigenvalue weighted by atomic mass is 10.3. The summed E-state index contributed by atoms with van der Waals surface area (Å²) in [6.07, 6.45) is -4.61. The SMILES string of the molecule is CC(=O)Nc1cc([N+](=O)[O-])c(Br)nc1OCC(F)(F)F. The molecule has 110 valence electrons. The molecule has 0 bridgehead atoms. The molecular formula is C9H7BrF3N3O4. The zero-order valence-electron chi connectivity index (χ0n) is 9.82. The fraction of sp³-hybridized carbons (Fsp3) is 0.333. The number of halogens is 4. The van der Waals surface area contributed by atoms with Crippen molar-refractivity contribution in [2.45, 2.75) is 13.1 Å². The molecule has 11 heteroatoms. The molecular weight excluding hydrogens is 351 g/mol. The minimum absolute atomic E-state index is 0.311. The number of ether oxygens (including phenoxy) is 1. The van der Waals surface area contributed by atoms with E-state index in [1.54, 1.807) is 0 Å². The third-order valence-electron chi connectivity index (χ3n) is 1.80. The van der Waals surface area contributed by atoms with E-state index in [4.69, 9.17) is 0 Å². The molecule has 1 aromatic heterocycles. The van der Waals surface area contributed by atoms with E-state index in [9.17, 15) is 28.1 Å².